The van der Waals surface area contributed by atoms with E-state index >= 15 is 0 Å². The highest BCUT2D eigenvalue weighted by atomic mass is 19.1. The fraction of sp³-hybridized carbons (Fsp3) is 0.118. The van der Waals surface area contributed by atoms with Gasteiger partial charge in [0.05, 0.1) is 11.6 Å². The van der Waals surface area contributed by atoms with Crippen molar-refractivity contribution in [1.29, 1.82) is 5.26 Å². The number of nitriles is 1. The van der Waals surface area contributed by atoms with Crippen LogP contribution < -0.4 is 4.74 Å². The largest absolute Gasteiger partial charge is 0.484 e. The summed E-state index contributed by atoms with van der Waals surface area (Å²) in [7, 11) is 0. The first-order valence-electron chi connectivity index (χ1n) is 6.88. The predicted octanol–water partition coefficient (Wildman–Crippen LogP) is 3.63. The van der Waals surface area contributed by atoms with Crippen molar-refractivity contribution in [2.24, 2.45) is 0 Å². The summed E-state index contributed by atoms with van der Waals surface area (Å²) in [6.07, 6.45) is 0. The Labute approximate surface area is 131 Å². The van der Waals surface area contributed by atoms with Crippen LogP contribution in [0.3, 0.4) is 0 Å². The number of ether oxygens (including phenoxy) is 1. The molecule has 23 heavy (non-hydrogen) atoms. The molecule has 2 aromatic carbocycles. The van der Waals surface area contributed by atoms with Crippen molar-refractivity contribution < 1.29 is 13.7 Å². The summed E-state index contributed by atoms with van der Waals surface area (Å²) in [6, 6.07) is 13.5. The van der Waals surface area contributed by atoms with Gasteiger partial charge in [-0.25, -0.2) is 4.39 Å². The Bertz CT molecular complexity index is 884. The molecule has 0 spiro atoms. The topological polar surface area (TPSA) is 71.9 Å². The first-order valence-corrected chi connectivity index (χ1v) is 6.88. The molecule has 0 saturated heterocycles. The Balaban J connectivity index is 1.72. The lowest BCUT2D eigenvalue weighted by atomic mass is 10.1. The summed E-state index contributed by atoms with van der Waals surface area (Å²) in [6.45, 7) is 1.75. The van der Waals surface area contributed by atoms with Crippen LogP contribution in [0.2, 0.25) is 0 Å². The summed E-state index contributed by atoms with van der Waals surface area (Å²) < 4.78 is 24.2. The Morgan fingerprint density at radius 2 is 2.13 bits per heavy atom. The van der Waals surface area contributed by atoms with E-state index < -0.39 is 0 Å². The van der Waals surface area contributed by atoms with Crippen molar-refractivity contribution in [1.82, 2.24) is 10.1 Å². The smallest absolute Gasteiger partial charge is 0.264 e. The quantitative estimate of drug-likeness (QED) is 0.736. The molecule has 3 aromatic rings. The number of hydrogen-bond donors (Lipinski definition) is 0. The van der Waals surface area contributed by atoms with Crippen molar-refractivity contribution >= 4 is 0 Å². The minimum atomic E-state index is -0.321. The minimum absolute atomic E-state index is 0.0657. The van der Waals surface area contributed by atoms with Crippen LogP contribution in [0.15, 0.2) is 47.0 Å². The van der Waals surface area contributed by atoms with Crippen LogP contribution in [0, 0.1) is 24.1 Å². The number of aryl methyl sites for hydroxylation is 1. The first-order chi connectivity index (χ1) is 11.2. The lowest BCUT2D eigenvalue weighted by molar-refractivity contribution is 0.243. The predicted molar refractivity (Wildman–Crippen MR) is 79.9 cm³/mol. The molecule has 0 radical (unpaired) electrons. The summed E-state index contributed by atoms with van der Waals surface area (Å²) in [4.78, 5) is 4.17. The van der Waals surface area contributed by atoms with Gasteiger partial charge in [-0.3, -0.25) is 0 Å². The van der Waals surface area contributed by atoms with E-state index in [1.165, 1.54) is 6.07 Å². The van der Waals surface area contributed by atoms with Gasteiger partial charge in [0.2, 0.25) is 5.82 Å². The third kappa shape index (κ3) is 3.35. The van der Waals surface area contributed by atoms with E-state index in [0.717, 1.165) is 0 Å². The number of rotatable bonds is 4. The average Bonchev–Trinajstić information content (AvgIpc) is 3.05. The van der Waals surface area contributed by atoms with Crippen LogP contribution in [-0.4, -0.2) is 10.1 Å². The van der Waals surface area contributed by atoms with Gasteiger partial charge >= 0.3 is 0 Å². The average molecular weight is 309 g/mol. The van der Waals surface area contributed by atoms with Crippen LogP contribution in [0.5, 0.6) is 5.75 Å². The van der Waals surface area contributed by atoms with E-state index in [9.17, 15) is 4.39 Å². The van der Waals surface area contributed by atoms with Gasteiger partial charge in [0, 0.05) is 5.56 Å². The highest BCUT2D eigenvalue weighted by Crippen LogP contribution is 2.20. The van der Waals surface area contributed by atoms with Crippen molar-refractivity contribution in [2.45, 2.75) is 13.5 Å². The number of aromatic nitrogens is 2. The maximum Gasteiger partial charge on any atom is 0.264 e. The van der Waals surface area contributed by atoms with Crippen LogP contribution in [-0.2, 0) is 6.61 Å². The highest BCUT2D eigenvalue weighted by Gasteiger charge is 2.11. The minimum Gasteiger partial charge on any atom is -0.484 e. The molecule has 3 rings (SSSR count). The first kappa shape index (κ1) is 14.7. The van der Waals surface area contributed by atoms with E-state index in [1.807, 2.05) is 6.07 Å². The Kier molecular flexibility index (Phi) is 4.02. The van der Waals surface area contributed by atoms with Gasteiger partial charge in [-0.05, 0) is 36.8 Å². The molecule has 1 aromatic heterocycles. The van der Waals surface area contributed by atoms with Gasteiger partial charge in [-0.15, -0.1) is 0 Å². The summed E-state index contributed by atoms with van der Waals surface area (Å²) in [5.74, 6) is 0.778. The summed E-state index contributed by atoms with van der Waals surface area (Å²) in [5, 5.41) is 12.7. The zero-order valence-corrected chi connectivity index (χ0v) is 12.3. The Hall–Kier alpha value is -3.20. The third-order valence-electron chi connectivity index (χ3n) is 3.22. The second-order valence-electron chi connectivity index (χ2n) is 4.90. The van der Waals surface area contributed by atoms with Crippen molar-refractivity contribution in [3.8, 4) is 23.2 Å². The summed E-state index contributed by atoms with van der Waals surface area (Å²) >= 11 is 0. The van der Waals surface area contributed by atoms with Gasteiger partial charge in [0.25, 0.3) is 5.89 Å². The number of hydrogen-bond acceptors (Lipinski definition) is 5. The molecule has 0 atom stereocenters. The molecule has 0 aliphatic heterocycles. The standard InChI is InChI=1S/C17H12FN3O2/c1-11-5-6-13(8-15(11)18)17-20-16(23-21-17)10-22-14-4-2-3-12(7-14)9-19/h2-8H,10H2,1H3. The molecule has 6 heteroatoms. The molecule has 0 fully saturated rings. The molecular weight excluding hydrogens is 297 g/mol. The molecule has 0 amide bonds. The van der Waals surface area contributed by atoms with Crippen LogP contribution in [0.1, 0.15) is 17.0 Å². The lowest BCUT2D eigenvalue weighted by Crippen LogP contribution is -1.96. The second kappa shape index (κ2) is 6.28. The van der Waals surface area contributed by atoms with Gasteiger partial charge in [0.1, 0.15) is 11.6 Å². The second-order valence-corrected chi connectivity index (χ2v) is 4.90. The van der Waals surface area contributed by atoms with Gasteiger partial charge < -0.3 is 9.26 Å². The van der Waals surface area contributed by atoms with E-state index in [-0.39, 0.29) is 18.3 Å². The lowest BCUT2D eigenvalue weighted by Gasteiger charge is -2.02. The van der Waals surface area contributed by atoms with Crippen molar-refractivity contribution in [3.63, 3.8) is 0 Å². The van der Waals surface area contributed by atoms with E-state index in [1.54, 1.807) is 43.3 Å². The molecule has 5 nitrogen and oxygen atoms in total. The number of halogens is 1. The van der Waals surface area contributed by atoms with Crippen LogP contribution >= 0.6 is 0 Å². The molecule has 0 unspecified atom stereocenters. The molecule has 0 N–H and O–H groups in total. The monoisotopic (exact) mass is 309 g/mol. The Morgan fingerprint density at radius 3 is 2.91 bits per heavy atom. The highest BCUT2D eigenvalue weighted by molar-refractivity contribution is 5.54. The molecule has 0 saturated carbocycles. The van der Waals surface area contributed by atoms with Gasteiger partial charge in [-0.2, -0.15) is 10.2 Å². The molecule has 1 heterocycles. The fourth-order valence-electron chi connectivity index (χ4n) is 1.96. The van der Waals surface area contributed by atoms with E-state index in [4.69, 9.17) is 14.5 Å². The Morgan fingerprint density at radius 1 is 1.26 bits per heavy atom. The SMILES string of the molecule is Cc1ccc(-c2noc(COc3cccc(C#N)c3)n2)cc1F. The van der Waals surface area contributed by atoms with Crippen LogP contribution in [0.25, 0.3) is 11.4 Å². The third-order valence-corrected chi connectivity index (χ3v) is 3.22. The van der Waals surface area contributed by atoms with Gasteiger partial charge in [0.15, 0.2) is 6.61 Å². The molecule has 114 valence electrons. The maximum absolute atomic E-state index is 13.6. The van der Waals surface area contributed by atoms with E-state index in [2.05, 4.69) is 10.1 Å². The number of nitrogens with zero attached hydrogens (tertiary/aromatic N) is 3. The molecule has 0 aliphatic rings. The zero-order valence-electron chi connectivity index (χ0n) is 12.3. The maximum atomic E-state index is 13.6. The van der Waals surface area contributed by atoms with Crippen molar-refractivity contribution in [3.05, 3.63) is 65.3 Å². The molecule has 0 bridgehead atoms. The van der Waals surface area contributed by atoms with Crippen molar-refractivity contribution in [2.75, 3.05) is 0 Å². The van der Waals surface area contributed by atoms with E-state index in [0.29, 0.717) is 28.3 Å². The number of benzene rings is 2. The fourth-order valence-corrected chi connectivity index (χ4v) is 1.96. The zero-order chi connectivity index (χ0) is 16.2. The molecular formula is C17H12FN3O2. The van der Waals surface area contributed by atoms with Gasteiger partial charge in [-0.1, -0.05) is 23.4 Å². The molecule has 0 aliphatic carbocycles. The normalized spacial score (nSPS) is 10.3. The summed E-state index contributed by atoms with van der Waals surface area (Å²) in [5.41, 5.74) is 1.59. The van der Waals surface area contributed by atoms with Crippen LogP contribution in [0.4, 0.5) is 4.39 Å².